The summed E-state index contributed by atoms with van der Waals surface area (Å²) >= 11 is 0. The highest BCUT2D eigenvalue weighted by Crippen LogP contribution is 2.37. The molecule has 0 aliphatic carbocycles. The Morgan fingerprint density at radius 3 is 0.946 bits per heavy atom. The van der Waals surface area contributed by atoms with Gasteiger partial charge in [0.05, 0.1) is 21.7 Å². The number of imide groups is 1. The van der Waals surface area contributed by atoms with Crippen LogP contribution in [0.2, 0.25) is 0 Å². The first-order chi connectivity index (χ1) is 40.1. The second-order valence-corrected chi connectivity index (χ2v) is 44.9. The molecule has 17 heteroatoms. The second-order valence-electron chi connectivity index (χ2n) is 40.1. The molecule has 2 aliphatic heterocycles. The molecule has 93 heavy (non-hydrogen) atoms. The highest BCUT2D eigenvalue weighted by Gasteiger charge is 2.48. The van der Waals surface area contributed by atoms with Crippen LogP contribution in [0.1, 0.15) is 335 Å². The van der Waals surface area contributed by atoms with Crippen molar-refractivity contribution < 1.29 is 36.0 Å². The van der Waals surface area contributed by atoms with E-state index in [1.54, 1.807) is 62.3 Å². The van der Waals surface area contributed by atoms with Gasteiger partial charge in [0, 0.05) is 45.1 Å². The molecule has 0 saturated carbocycles. The van der Waals surface area contributed by atoms with Gasteiger partial charge in [-0.1, -0.05) is 166 Å². The van der Waals surface area contributed by atoms with E-state index < -0.39 is 36.4 Å². The van der Waals surface area contributed by atoms with Crippen molar-refractivity contribution in [2.24, 2.45) is 49.2 Å². The lowest BCUT2D eigenvalue weighted by Gasteiger charge is -2.44. The standard InChI is InChI=1S/C14H22O2.C13H27N.C11H20N2O2.C9H18O.C9H20.C7H16O2S.C7H16O.C6H16N2O2S/c1-13(2,3)7-9-10(8-14(4,5)6)12(16)11(9)15;1-12(2,3)11-7-9-14(10-8-11)13(4,5)6;1-10(2,3)7-8(14)13(9(15)12-7)11(4,5)6;1-8(2,3)7(10)9(4,5)6;1-8(2,3)7-9(4,5)6;1-6(2)10(8,9)7(3,4)5;1-6(2)8-7(3,4)5;1-5(2)7-11(9,10)8-6(3)4/h7-8H2,1-6H3;11H,7-10H2,1-6H3;7H,1-6H3,(H,12,15);1-6H3;7H2,1-6H3;6H,1-5H3;6H,1-5H3;5-8H,1-4H3. The average Bonchev–Trinajstić information content (AvgIpc) is 1.71. The van der Waals surface area contributed by atoms with Crippen LogP contribution in [0.25, 0.3) is 0 Å². The van der Waals surface area contributed by atoms with Crippen molar-refractivity contribution in [3.63, 3.8) is 0 Å². The molecule has 3 amide bonds. The number of Topliss-reactive ketones (excluding diaryl/α,β-unsaturated/α-hetero) is 1. The summed E-state index contributed by atoms with van der Waals surface area (Å²) in [5, 5.41) is 2.47. The minimum Gasteiger partial charge on any atom is -0.373 e. The number of rotatable bonds is 8. The number of hydrogen-bond acceptors (Lipinski definition) is 11. The fraction of sp³-hybridized carbons (Fsp3) is 0.908. The van der Waals surface area contributed by atoms with Crippen molar-refractivity contribution in [2.45, 2.75) is 388 Å². The first kappa shape index (κ1) is 99.1. The molecule has 2 saturated heterocycles. The molecule has 3 rings (SSSR count). The number of urea groups is 1. The lowest BCUT2D eigenvalue weighted by Crippen LogP contribution is -2.47. The van der Waals surface area contributed by atoms with Gasteiger partial charge in [-0.25, -0.2) is 13.2 Å². The molecule has 0 bridgehead atoms. The van der Waals surface area contributed by atoms with Crippen LogP contribution in [0.5, 0.6) is 0 Å². The van der Waals surface area contributed by atoms with Gasteiger partial charge in [-0.2, -0.15) is 17.9 Å². The van der Waals surface area contributed by atoms with E-state index in [0.717, 1.165) is 17.0 Å². The van der Waals surface area contributed by atoms with E-state index in [-0.39, 0.29) is 72.8 Å². The Morgan fingerprint density at radius 2 is 0.817 bits per heavy atom. The van der Waals surface area contributed by atoms with Gasteiger partial charge in [-0.3, -0.25) is 29.0 Å². The van der Waals surface area contributed by atoms with Crippen LogP contribution >= 0.6 is 0 Å². The highest BCUT2D eigenvalue weighted by molar-refractivity contribution is 7.93. The lowest BCUT2D eigenvalue weighted by atomic mass is 9.75. The largest absolute Gasteiger partial charge is 0.373 e. The molecule has 2 fully saturated rings. The zero-order valence-electron chi connectivity index (χ0n) is 69.2. The van der Waals surface area contributed by atoms with E-state index in [1.165, 1.54) is 37.3 Å². The molecule has 2 aliphatic rings. The summed E-state index contributed by atoms with van der Waals surface area (Å²) in [6.07, 6.45) is 5.81. The predicted octanol–water partition coefficient (Wildman–Crippen LogP) is 17.9. The first-order valence-electron chi connectivity index (χ1n) is 34.5. The summed E-state index contributed by atoms with van der Waals surface area (Å²) in [4.78, 5) is 62.2. The zero-order valence-corrected chi connectivity index (χ0v) is 70.8. The van der Waals surface area contributed by atoms with E-state index in [2.05, 4.69) is 165 Å². The number of nitrogens with zero attached hydrogens (tertiary/aromatic N) is 2. The molecule has 0 aromatic heterocycles. The van der Waals surface area contributed by atoms with Crippen molar-refractivity contribution in [2.75, 3.05) is 13.1 Å². The van der Waals surface area contributed by atoms with Crippen molar-refractivity contribution in [3.8, 4) is 0 Å². The van der Waals surface area contributed by atoms with Gasteiger partial charge in [0.25, 0.3) is 16.1 Å². The number of nitrogens with one attached hydrogen (secondary N) is 3. The lowest BCUT2D eigenvalue weighted by molar-refractivity contribution is -0.134. The van der Waals surface area contributed by atoms with Gasteiger partial charge in [0.15, 0.2) is 9.84 Å². The number of sulfone groups is 1. The van der Waals surface area contributed by atoms with E-state index in [0.29, 0.717) is 46.5 Å². The molecule has 15 nitrogen and oxygen atoms in total. The molecule has 2 heterocycles. The van der Waals surface area contributed by atoms with E-state index in [9.17, 15) is 40.8 Å². The molecule has 1 atom stereocenters. The summed E-state index contributed by atoms with van der Waals surface area (Å²) in [5.74, 6) is 1.11. The summed E-state index contributed by atoms with van der Waals surface area (Å²) < 4.78 is 54.4. The van der Waals surface area contributed by atoms with Gasteiger partial charge in [-0.15, -0.1) is 0 Å². The normalized spacial score (nSPS) is 16.4. The van der Waals surface area contributed by atoms with Crippen LogP contribution in [-0.4, -0.2) is 108 Å². The van der Waals surface area contributed by atoms with Crippen molar-refractivity contribution in [3.05, 3.63) is 31.6 Å². The summed E-state index contributed by atoms with van der Waals surface area (Å²) in [7, 11) is -6.19. The van der Waals surface area contributed by atoms with Crippen LogP contribution in [0, 0.1) is 49.2 Å². The zero-order chi connectivity index (χ0) is 76.4. The summed E-state index contributed by atoms with van der Waals surface area (Å²) in [6.45, 7) is 92.1. The Hall–Kier alpha value is -2.57. The van der Waals surface area contributed by atoms with Gasteiger partial charge < -0.3 is 10.1 Å². The number of carbonyl (C=O) groups excluding carboxylic acids is 3. The number of piperidine rings is 1. The van der Waals surface area contributed by atoms with E-state index in [1.807, 2.05) is 96.9 Å². The number of ketones is 1. The van der Waals surface area contributed by atoms with E-state index >= 15 is 0 Å². The summed E-state index contributed by atoms with van der Waals surface area (Å²) in [6, 6.07) is -0.825. The first-order valence-corrected chi connectivity index (χ1v) is 37.6. The maximum absolute atomic E-state index is 12.1. The van der Waals surface area contributed by atoms with E-state index in [4.69, 9.17) is 4.74 Å². The van der Waals surface area contributed by atoms with Crippen LogP contribution < -0.4 is 25.6 Å². The molecule has 556 valence electrons. The molecule has 1 aromatic carbocycles. The topological polar surface area (TPSA) is 205 Å². The van der Waals surface area contributed by atoms with Gasteiger partial charge in [0.1, 0.15) is 11.8 Å². The second kappa shape index (κ2) is 37.0. The number of likely N-dealkylation sites (tertiary alicyclic amines) is 1. The Bertz CT molecular complexity index is 2550. The fourth-order valence-electron chi connectivity index (χ4n) is 10.8. The van der Waals surface area contributed by atoms with Crippen LogP contribution in [0.3, 0.4) is 0 Å². The average molecular weight is 1360 g/mol. The van der Waals surface area contributed by atoms with Crippen molar-refractivity contribution in [1.29, 1.82) is 0 Å². The maximum atomic E-state index is 12.1. The van der Waals surface area contributed by atoms with Crippen LogP contribution in [0.15, 0.2) is 9.59 Å². The molecule has 1 unspecified atom stereocenters. The third-order valence-corrected chi connectivity index (χ3v) is 18.5. The third kappa shape index (κ3) is 46.4. The van der Waals surface area contributed by atoms with Gasteiger partial charge in [0.2, 0.25) is 10.9 Å². The molecule has 0 spiro atoms. The molecule has 1 aromatic rings. The minimum absolute atomic E-state index is 0.0220. The third-order valence-electron chi connectivity index (χ3n) is 13.9. The van der Waals surface area contributed by atoms with Crippen LogP contribution in [0.4, 0.5) is 4.79 Å². The predicted molar refractivity (Wildman–Crippen MR) is 402 cm³/mol. The molecular formula is C76H155N5O10S2. The Morgan fingerprint density at radius 1 is 0.495 bits per heavy atom. The number of amides is 3. The number of carbonyl (C=O) groups is 3. The quantitative estimate of drug-likeness (QED) is 0.165. The van der Waals surface area contributed by atoms with Gasteiger partial charge in [-0.05, 0) is 222 Å². The Balaban J connectivity index is -0.000000321. The maximum Gasteiger partial charge on any atom is 0.325 e. The number of hydrogen-bond donors (Lipinski definition) is 3. The molecule has 0 radical (unpaired) electrons. The van der Waals surface area contributed by atoms with Crippen molar-refractivity contribution >= 4 is 37.8 Å². The fourth-order valence-corrected chi connectivity index (χ4v) is 13.5. The SMILES string of the molecule is CC(C)(C)C(=O)C(C)(C)C.CC(C)(C)C1CCN(C(C)(C)C)CC1.CC(C)(C)C1NC(=O)N(C(C)(C)C)C1=O.CC(C)(C)CC(C)(C)C.CC(C)(C)Cc1c(CC(C)(C)C)c(=O)c1=O.CC(C)NS(=O)(=O)NC(C)C.CC(C)OC(C)(C)C.CC(C)S(=O)(=O)C(C)(C)C. The number of ether oxygens (including phenoxy) is 1. The Kier molecular flexibility index (Phi) is 39.5. The monoisotopic (exact) mass is 1360 g/mol. The minimum atomic E-state index is -3.28. The highest BCUT2D eigenvalue weighted by atomic mass is 32.2. The van der Waals surface area contributed by atoms with Crippen molar-refractivity contribution in [1.82, 2.24) is 24.6 Å². The molecule has 3 N–H and O–H groups in total. The summed E-state index contributed by atoms with van der Waals surface area (Å²) in [5.41, 5.74) is 1.93. The smallest absolute Gasteiger partial charge is 0.325 e. The van der Waals surface area contributed by atoms with Crippen LogP contribution in [-0.2, 0) is 47.2 Å². The molecular weight excluding hydrogens is 1210 g/mol. The Labute approximate surface area is 576 Å². The van der Waals surface area contributed by atoms with Gasteiger partial charge >= 0.3 is 6.03 Å².